The number of carbonyl (C=O) groups is 4. The van der Waals surface area contributed by atoms with E-state index in [0.29, 0.717) is 5.69 Å². The number of hydrogen-bond acceptors (Lipinski definition) is 4. The molecule has 24 heavy (non-hydrogen) atoms. The number of fused-ring (bicyclic) bond motifs is 4. The standard InChI is InChI=1S/C18H10N2O4/c1-19-14(21)18(15(19)22)16(23)20(17(18)24)9-6-7-12-10-4-2-3-5-11(10)13(12)8-9/h2-8H,1H3. The van der Waals surface area contributed by atoms with Gasteiger partial charge >= 0.3 is 0 Å². The lowest BCUT2D eigenvalue weighted by Gasteiger charge is -2.51. The quantitative estimate of drug-likeness (QED) is 0.499. The van der Waals surface area contributed by atoms with E-state index >= 15 is 0 Å². The van der Waals surface area contributed by atoms with Crippen LogP contribution >= 0.6 is 0 Å². The lowest BCUT2D eigenvalue weighted by atomic mass is 9.68. The van der Waals surface area contributed by atoms with Crippen LogP contribution in [-0.4, -0.2) is 35.6 Å². The molecule has 2 fully saturated rings. The zero-order valence-electron chi connectivity index (χ0n) is 12.6. The Hall–Kier alpha value is -3.28. The number of benzene rings is 2. The summed E-state index contributed by atoms with van der Waals surface area (Å²) in [6.07, 6.45) is 0. The summed E-state index contributed by atoms with van der Waals surface area (Å²) < 4.78 is 0. The molecule has 1 spiro atoms. The molecule has 0 saturated carbocycles. The summed E-state index contributed by atoms with van der Waals surface area (Å²) in [5.74, 6) is -3.00. The van der Waals surface area contributed by atoms with Gasteiger partial charge in [0.15, 0.2) is 0 Å². The van der Waals surface area contributed by atoms with E-state index in [1.165, 1.54) is 7.05 Å². The number of likely N-dealkylation sites (tertiary alicyclic amines) is 1. The smallest absolute Gasteiger partial charge is 0.282 e. The van der Waals surface area contributed by atoms with Gasteiger partial charge < -0.3 is 0 Å². The van der Waals surface area contributed by atoms with Crippen molar-refractivity contribution in [2.24, 2.45) is 5.41 Å². The Bertz CT molecular complexity index is 989. The summed E-state index contributed by atoms with van der Waals surface area (Å²) in [7, 11) is 1.27. The molecule has 0 atom stereocenters. The molecule has 0 N–H and O–H groups in total. The van der Waals surface area contributed by atoms with Crippen LogP contribution in [0.5, 0.6) is 0 Å². The predicted molar refractivity (Wildman–Crippen MR) is 83.6 cm³/mol. The van der Waals surface area contributed by atoms with Gasteiger partial charge in [-0.2, -0.15) is 0 Å². The second-order valence-electron chi connectivity index (χ2n) is 6.14. The molecule has 3 aliphatic rings. The van der Waals surface area contributed by atoms with Gasteiger partial charge in [-0.1, -0.05) is 30.3 Å². The second-order valence-corrected chi connectivity index (χ2v) is 6.14. The van der Waals surface area contributed by atoms with Crippen LogP contribution in [0.15, 0.2) is 42.5 Å². The summed E-state index contributed by atoms with van der Waals surface area (Å²) in [5.41, 5.74) is 2.46. The normalized spacial score (nSPS) is 19.5. The highest BCUT2D eigenvalue weighted by molar-refractivity contribution is 6.59. The Labute approximate surface area is 136 Å². The maximum Gasteiger partial charge on any atom is 0.285 e. The first-order valence-electron chi connectivity index (χ1n) is 7.45. The highest BCUT2D eigenvalue weighted by atomic mass is 16.2. The minimum Gasteiger partial charge on any atom is -0.282 e. The van der Waals surface area contributed by atoms with E-state index in [1.54, 1.807) is 12.1 Å². The fourth-order valence-electron chi connectivity index (χ4n) is 3.72. The van der Waals surface area contributed by atoms with Gasteiger partial charge in [0.1, 0.15) is 0 Å². The van der Waals surface area contributed by atoms with Crippen LogP contribution < -0.4 is 4.90 Å². The SMILES string of the molecule is CN1C(=O)C2(C1=O)C(=O)N(c1ccc3c(c1)-c1ccccc1-3)C2=O. The lowest BCUT2D eigenvalue weighted by molar-refractivity contribution is -0.184. The molecule has 6 heteroatoms. The largest absolute Gasteiger partial charge is 0.285 e. The van der Waals surface area contributed by atoms with Gasteiger partial charge in [-0.15, -0.1) is 0 Å². The van der Waals surface area contributed by atoms with Crippen molar-refractivity contribution in [2.45, 2.75) is 0 Å². The first-order chi connectivity index (χ1) is 11.5. The first-order valence-corrected chi connectivity index (χ1v) is 7.45. The zero-order chi connectivity index (χ0) is 16.8. The van der Waals surface area contributed by atoms with E-state index in [9.17, 15) is 19.2 Å². The number of nitrogens with zero attached hydrogens (tertiary/aromatic N) is 2. The van der Waals surface area contributed by atoms with Crippen LogP contribution in [0, 0.1) is 5.41 Å². The maximum absolute atomic E-state index is 12.4. The molecular formula is C18H10N2O4. The molecule has 2 saturated heterocycles. The molecule has 2 aromatic carbocycles. The topological polar surface area (TPSA) is 74.8 Å². The first kappa shape index (κ1) is 13.2. The highest BCUT2D eigenvalue weighted by Crippen LogP contribution is 2.51. The van der Waals surface area contributed by atoms with Gasteiger partial charge in [-0.25, -0.2) is 4.90 Å². The monoisotopic (exact) mass is 318 g/mol. The molecular weight excluding hydrogens is 308 g/mol. The van der Waals surface area contributed by atoms with Gasteiger partial charge in [0.2, 0.25) is 0 Å². The van der Waals surface area contributed by atoms with Gasteiger partial charge in [-0.05, 0) is 34.4 Å². The number of amides is 4. The van der Waals surface area contributed by atoms with Crippen LogP contribution in [0.4, 0.5) is 5.69 Å². The van der Waals surface area contributed by atoms with Crippen LogP contribution in [0.1, 0.15) is 0 Å². The molecule has 5 rings (SSSR count). The average molecular weight is 318 g/mol. The number of hydrogen-bond donors (Lipinski definition) is 0. The van der Waals surface area contributed by atoms with Gasteiger partial charge in [0, 0.05) is 7.05 Å². The molecule has 1 aliphatic carbocycles. The van der Waals surface area contributed by atoms with E-state index in [2.05, 4.69) is 0 Å². The van der Waals surface area contributed by atoms with Crippen molar-refractivity contribution in [3.05, 3.63) is 42.5 Å². The van der Waals surface area contributed by atoms with Gasteiger partial charge in [0.25, 0.3) is 29.0 Å². The zero-order valence-corrected chi connectivity index (χ0v) is 12.6. The van der Waals surface area contributed by atoms with Crippen molar-refractivity contribution in [2.75, 3.05) is 11.9 Å². The minimum absolute atomic E-state index is 0.388. The van der Waals surface area contributed by atoms with E-state index in [1.807, 2.05) is 30.3 Å². The van der Waals surface area contributed by atoms with Crippen LogP contribution in [0.25, 0.3) is 22.3 Å². The molecule has 2 heterocycles. The van der Waals surface area contributed by atoms with Crippen molar-refractivity contribution in [3.8, 4) is 22.3 Å². The Morgan fingerprint density at radius 1 is 0.708 bits per heavy atom. The van der Waals surface area contributed by atoms with Crippen molar-refractivity contribution in [1.82, 2.24) is 4.90 Å². The molecule has 6 nitrogen and oxygen atoms in total. The third-order valence-corrected chi connectivity index (χ3v) is 5.07. The maximum atomic E-state index is 12.4. The Kier molecular flexibility index (Phi) is 2.08. The van der Waals surface area contributed by atoms with Crippen LogP contribution in [-0.2, 0) is 19.2 Å². The number of β-lactam (4-membered cyclic amide) rings is 4. The lowest BCUT2D eigenvalue weighted by Crippen LogP contribution is -2.83. The number of anilines is 1. The summed E-state index contributed by atoms with van der Waals surface area (Å²) in [6, 6.07) is 13.1. The third kappa shape index (κ3) is 1.11. The van der Waals surface area contributed by atoms with Gasteiger partial charge in [-0.3, -0.25) is 24.1 Å². The molecule has 2 aliphatic heterocycles. The van der Waals surface area contributed by atoms with E-state index in [4.69, 9.17) is 0 Å². The molecule has 4 amide bonds. The van der Waals surface area contributed by atoms with Gasteiger partial charge in [0.05, 0.1) is 5.69 Å². The number of carbonyl (C=O) groups excluding carboxylic acids is 4. The van der Waals surface area contributed by atoms with E-state index in [0.717, 1.165) is 32.1 Å². The van der Waals surface area contributed by atoms with Crippen molar-refractivity contribution in [3.63, 3.8) is 0 Å². The summed E-state index contributed by atoms with van der Waals surface area (Å²) in [6.45, 7) is 0. The van der Waals surface area contributed by atoms with Crippen molar-refractivity contribution < 1.29 is 19.2 Å². The van der Waals surface area contributed by atoms with Crippen molar-refractivity contribution >= 4 is 29.3 Å². The molecule has 0 unspecified atom stereocenters. The molecule has 0 aromatic heterocycles. The second kappa shape index (κ2) is 3.79. The Balaban J connectivity index is 1.53. The third-order valence-electron chi connectivity index (χ3n) is 5.07. The summed E-state index contributed by atoms with van der Waals surface area (Å²) >= 11 is 0. The van der Waals surface area contributed by atoms with Crippen LogP contribution in [0.3, 0.4) is 0 Å². The number of imide groups is 2. The summed E-state index contributed by atoms with van der Waals surface area (Å²) in [4.78, 5) is 50.4. The highest BCUT2D eigenvalue weighted by Gasteiger charge is 2.79. The predicted octanol–water partition coefficient (Wildman–Crippen LogP) is 1.19. The molecule has 0 bridgehead atoms. The van der Waals surface area contributed by atoms with E-state index in [-0.39, 0.29) is 0 Å². The van der Waals surface area contributed by atoms with Crippen molar-refractivity contribution in [1.29, 1.82) is 0 Å². The molecule has 0 radical (unpaired) electrons. The van der Waals surface area contributed by atoms with Crippen LogP contribution in [0.2, 0.25) is 0 Å². The molecule has 2 aromatic rings. The molecule has 116 valence electrons. The average Bonchev–Trinajstić information content (AvgIpc) is 2.60. The Morgan fingerprint density at radius 3 is 1.88 bits per heavy atom. The Morgan fingerprint density at radius 2 is 1.25 bits per heavy atom. The minimum atomic E-state index is -2.12. The fourth-order valence-corrected chi connectivity index (χ4v) is 3.72. The summed E-state index contributed by atoms with van der Waals surface area (Å²) in [5, 5.41) is 0. The fraction of sp³-hybridized carbons (Fsp3) is 0.111. The number of rotatable bonds is 1. The van der Waals surface area contributed by atoms with E-state index < -0.39 is 29.0 Å².